The van der Waals surface area contributed by atoms with Crippen LogP contribution in [0.1, 0.15) is 65.7 Å². The van der Waals surface area contributed by atoms with Crippen molar-refractivity contribution in [3.05, 3.63) is 76.4 Å². The molecule has 0 atom stereocenters. The maximum atomic E-state index is 12.8. The van der Waals surface area contributed by atoms with Gasteiger partial charge in [0.05, 0.1) is 24.2 Å². The van der Waals surface area contributed by atoms with Crippen LogP contribution in [0.3, 0.4) is 0 Å². The summed E-state index contributed by atoms with van der Waals surface area (Å²) in [6.07, 6.45) is 9.69. The van der Waals surface area contributed by atoms with E-state index in [1.165, 1.54) is 11.1 Å². The number of allylic oxidation sites excluding steroid dienone is 2. The molecule has 0 radical (unpaired) electrons. The van der Waals surface area contributed by atoms with Gasteiger partial charge in [-0.3, -0.25) is 9.79 Å². The van der Waals surface area contributed by atoms with Crippen LogP contribution in [0.4, 0.5) is 0 Å². The SMILES string of the molecule is CCC1(CC)CC(=O)c2cc(C3=CC(c4ccc5c(c4)C=CC5)=NC3)ccc2O1. The maximum Gasteiger partial charge on any atom is 0.170 e. The first kappa shape index (κ1) is 18.1. The number of nitrogens with zero attached hydrogens (tertiary/aromatic N) is 1. The number of hydrogen-bond acceptors (Lipinski definition) is 3. The highest BCUT2D eigenvalue weighted by Gasteiger charge is 2.37. The van der Waals surface area contributed by atoms with Crippen molar-refractivity contribution in [1.29, 1.82) is 0 Å². The zero-order chi connectivity index (χ0) is 20.0. The van der Waals surface area contributed by atoms with E-state index >= 15 is 0 Å². The molecule has 0 bridgehead atoms. The van der Waals surface area contributed by atoms with Gasteiger partial charge in [-0.1, -0.05) is 44.2 Å². The molecule has 29 heavy (non-hydrogen) atoms. The van der Waals surface area contributed by atoms with Gasteiger partial charge in [-0.15, -0.1) is 0 Å². The summed E-state index contributed by atoms with van der Waals surface area (Å²) < 4.78 is 6.26. The van der Waals surface area contributed by atoms with Crippen LogP contribution in [0.15, 0.2) is 53.5 Å². The van der Waals surface area contributed by atoms with Crippen molar-refractivity contribution in [2.45, 2.75) is 45.1 Å². The number of fused-ring (bicyclic) bond motifs is 2. The lowest BCUT2D eigenvalue weighted by Gasteiger charge is -2.36. The third-order valence-corrected chi connectivity index (χ3v) is 6.56. The molecule has 0 spiro atoms. The Kier molecular flexibility index (Phi) is 4.27. The average molecular weight is 383 g/mol. The first-order chi connectivity index (χ1) is 14.1. The zero-order valence-electron chi connectivity index (χ0n) is 17.0. The molecule has 1 aliphatic carbocycles. The van der Waals surface area contributed by atoms with E-state index in [1.807, 2.05) is 12.1 Å². The quantitative estimate of drug-likeness (QED) is 0.683. The predicted octanol–water partition coefficient (Wildman–Crippen LogP) is 5.67. The minimum atomic E-state index is -0.351. The minimum absolute atomic E-state index is 0.182. The molecular weight excluding hydrogens is 358 g/mol. The summed E-state index contributed by atoms with van der Waals surface area (Å²) in [4.78, 5) is 17.6. The molecule has 0 N–H and O–H groups in total. The molecule has 2 heterocycles. The lowest BCUT2D eigenvalue weighted by Crippen LogP contribution is -2.40. The van der Waals surface area contributed by atoms with E-state index in [-0.39, 0.29) is 11.4 Å². The topological polar surface area (TPSA) is 38.7 Å². The van der Waals surface area contributed by atoms with Gasteiger partial charge in [-0.25, -0.2) is 0 Å². The molecule has 0 unspecified atom stereocenters. The molecule has 3 nitrogen and oxygen atoms in total. The van der Waals surface area contributed by atoms with Crippen molar-refractivity contribution in [3.8, 4) is 5.75 Å². The lowest BCUT2D eigenvalue weighted by atomic mass is 9.85. The number of hydrogen-bond donors (Lipinski definition) is 0. The maximum absolute atomic E-state index is 12.8. The van der Waals surface area contributed by atoms with Gasteiger partial charge in [0.25, 0.3) is 0 Å². The number of carbonyl (C=O) groups is 1. The second-order valence-corrected chi connectivity index (χ2v) is 8.19. The first-order valence-electron chi connectivity index (χ1n) is 10.5. The van der Waals surface area contributed by atoms with Crippen molar-refractivity contribution in [3.63, 3.8) is 0 Å². The van der Waals surface area contributed by atoms with E-state index in [0.29, 0.717) is 18.5 Å². The van der Waals surface area contributed by atoms with Gasteiger partial charge < -0.3 is 4.74 Å². The molecule has 2 aliphatic heterocycles. The van der Waals surface area contributed by atoms with E-state index < -0.39 is 0 Å². The summed E-state index contributed by atoms with van der Waals surface area (Å²) in [5.41, 5.74) is 7.39. The predicted molar refractivity (Wildman–Crippen MR) is 118 cm³/mol. The van der Waals surface area contributed by atoms with Crippen LogP contribution >= 0.6 is 0 Å². The molecule has 146 valence electrons. The summed E-state index contributed by atoms with van der Waals surface area (Å²) in [6.45, 7) is 4.82. The van der Waals surface area contributed by atoms with Crippen LogP contribution in [0, 0.1) is 0 Å². The fraction of sp³-hybridized carbons (Fsp3) is 0.308. The number of ether oxygens (including phenoxy) is 1. The largest absolute Gasteiger partial charge is 0.486 e. The van der Waals surface area contributed by atoms with Crippen LogP contribution in [0.2, 0.25) is 0 Å². The molecule has 0 saturated carbocycles. The summed E-state index contributed by atoms with van der Waals surface area (Å²) in [5.74, 6) is 0.904. The normalized spacial score (nSPS) is 18.8. The molecule has 0 saturated heterocycles. The van der Waals surface area contributed by atoms with Crippen LogP contribution in [0.25, 0.3) is 11.6 Å². The van der Waals surface area contributed by atoms with Crippen molar-refractivity contribution < 1.29 is 9.53 Å². The van der Waals surface area contributed by atoms with Crippen molar-refractivity contribution in [1.82, 2.24) is 0 Å². The summed E-state index contributed by atoms with van der Waals surface area (Å²) >= 11 is 0. The van der Waals surface area contributed by atoms with Crippen molar-refractivity contribution in [2.24, 2.45) is 4.99 Å². The third kappa shape index (κ3) is 3.05. The van der Waals surface area contributed by atoms with E-state index in [9.17, 15) is 4.79 Å². The van der Waals surface area contributed by atoms with Crippen LogP contribution < -0.4 is 4.74 Å². The molecule has 0 fully saturated rings. The Morgan fingerprint density at radius 1 is 1.07 bits per heavy atom. The molecule has 3 heteroatoms. The number of rotatable bonds is 4. The second kappa shape index (κ2) is 6.84. The number of ketones is 1. The van der Waals surface area contributed by atoms with Gasteiger partial charge in [-0.05, 0) is 65.8 Å². The molecule has 0 amide bonds. The minimum Gasteiger partial charge on any atom is -0.486 e. The summed E-state index contributed by atoms with van der Waals surface area (Å²) in [6, 6.07) is 12.6. The van der Waals surface area contributed by atoms with Gasteiger partial charge in [0.2, 0.25) is 0 Å². The van der Waals surface area contributed by atoms with Gasteiger partial charge in [0, 0.05) is 5.56 Å². The number of carbonyl (C=O) groups excluding carboxylic acids is 1. The Morgan fingerprint density at radius 2 is 1.90 bits per heavy atom. The van der Waals surface area contributed by atoms with Gasteiger partial charge in [-0.2, -0.15) is 0 Å². The molecule has 0 aromatic heterocycles. The van der Waals surface area contributed by atoms with Gasteiger partial charge in [0.1, 0.15) is 11.4 Å². The highest BCUT2D eigenvalue weighted by molar-refractivity contribution is 6.15. The van der Waals surface area contributed by atoms with E-state index in [1.54, 1.807) is 0 Å². The van der Waals surface area contributed by atoms with E-state index in [2.05, 4.69) is 56.3 Å². The molecule has 5 rings (SSSR count). The summed E-state index contributed by atoms with van der Waals surface area (Å²) in [7, 11) is 0. The van der Waals surface area contributed by atoms with Gasteiger partial charge >= 0.3 is 0 Å². The zero-order valence-corrected chi connectivity index (χ0v) is 17.0. The van der Waals surface area contributed by atoms with Crippen LogP contribution in [-0.2, 0) is 6.42 Å². The monoisotopic (exact) mass is 383 g/mol. The molecular formula is C26H25NO2. The Labute approximate surface area is 171 Å². The van der Waals surface area contributed by atoms with Crippen LogP contribution in [0.5, 0.6) is 5.75 Å². The fourth-order valence-electron chi connectivity index (χ4n) is 4.52. The smallest absolute Gasteiger partial charge is 0.170 e. The standard InChI is InChI=1S/C26H25NO2/c1-3-26(4-2)15-24(28)22-13-19(10-11-25(22)29-26)21-14-23(27-16-21)20-9-8-17-6-5-7-18(17)12-20/h5,7-14H,3-4,6,15-16H2,1-2H3. The van der Waals surface area contributed by atoms with Crippen molar-refractivity contribution >= 4 is 23.1 Å². The molecule has 3 aliphatic rings. The van der Waals surface area contributed by atoms with Gasteiger partial charge in [0.15, 0.2) is 5.78 Å². The van der Waals surface area contributed by atoms with E-state index in [4.69, 9.17) is 9.73 Å². The second-order valence-electron chi connectivity index (χ2n) is 8.19. The summed E-state index contributed by atoms with van der Waals surface area (Å²) in [5, 5.41) is 0. The highest BCUT2D eigenvalue weighted by atomic mass is 16.5. The Bertz CT molecular complexity index is 1100. The Hall–Kier alpha value is -2.94. The first-order valence-corrected chi connectivity index (χ1v) is 10.5. The van der Waals surface area contributed by atoms with Crippen LogP contribution in [-0.4, -0.2) is 23.6 Å². The number of aliphatic imine (C=N–C) groups is 1. The Morgan fingerprint density at radius 3 is 2.72 bits per heavy atom. The molecule has 2 aromatic carbocycles. The van der Waals surface area contributed by atoms with E-state index in [0.717, 1.165) is 47.4 Å². The number of Topliss-reactive ketones (excluding diaryl/α,β-unsaturated/α-hetero) is 1. The lowest BCUT2D eigenvalue weighted by molar-refractivity contribution is 0.0350. The van der Waals surface area contributed by atoms with Crippen molar-refractivity contribution in [2.75, 3.05) is 6.54 Å². The third-order valence-electron chi connectivity index (χ3n) is 6.56. The molecule has 2 aromatic rings. The number of benzene rings is 2. The Balaban J connectivity index is 1.43. The average Bonchev–Trinajstić information content (AvgIpc) is 3.42. The highest BCUT2D eigenvalue weighted by Crippen LogP contribution is 2.38. The fourth-order valence-corrected chi connectivity index (χ4v) is 4.52.